The minimum atomic E-state index is -4.22. The summed E-state index contributed by atoms with van der Waals surface area (Å²) < 4.78 is 52.7. The molecule has 0 aliphatic carbocycles. The first-order chi connectivity index (χ1) is 13.8. The highest BCUT2D eigenvalue weighted by atomic mass is 32.2. The zero-order valence-electron chi connectivity index (χ0n) is 16.2. The van der Waals surface area contributed by atoms with Crippen molar-refractivity contribution in [3.05, 3.63) is 72.0 Å². The summed E-state index contributed by atoms with van der Waals surface area (Å²) in [4.78, 5) is -0.541. The van der Waals surface area contributed by atoms with E-state index in [2.05, 4.69) is 10.0 Å². The van der Waals surface area contributed by atoms with Crippen LogP contribution in [0.5, 0.6) is 11.5 Å². The van der Waals surface area contributed by atoms with E-state index in [4.69, 9.17) is 9.47 Å². The third-order valence-corrected chi connectivity index (χ3v) is 5.61. The Bertz CT molecular complexity index is 1120. The minimum absolute atomic E-state index is 0.102. The van der Waals surface area contributed by atoms with Gasteiger partial charge in [0.1, 0.15) is 10.7 Å². The molecule has 3 aromatic rings. The maximum atomic E-state index is 14.5. The predicted octanol–water partition coefficient (Wildman–Crippen LogP) is 4.70. The molecule has 3 rings (SSSR count). The van der Waals surface area contributed by atoms with E-state index in [1.807, 2.05) is 31.2 Å². The van der Waals surface area contributed by atoms with Gasteiger partial charge in [0, 0.05) is 17.8 Å². The van der Waals surface area contributed by atoms with Crippen molar-refractivity contribution >= 4 is 27.1 Å². The van der Waals surface area contributed by atoms with Gasteiger partial charge in [0.15, 0.2) is 11.5 Å². The van der Waals surface area contributed by atoms with E-state index >= 15 is 0 Å². The van der Waals surface area contributed by atoms with Gasteiger partial charge in [0.05, 0.1) is 25.6 Å². The smallest absolute Gasteiger partial charge is 0.265 e. The number of para-hydroxylation sites is 2. The Morgan fingerprint density at radius 3 is 2.07 bits per heavy atom. The van der Waals surface area contributed by atoms with E-state index in [0.717, 1.165) is 23.4 Å². The topological polar surface area (TPSA) is 76.7 Å². The van der Waals surface area contributed by atoms with Gasteiger partial charge in [-0.05, 0) is 31.2 Å². The zero-order valence-corrected chi connectivity index (χ0v) is 17.0. The number of hydrogen-bond donors (Lipinski definition) is 2. The van der Waals surface area contributed by atoms with Crippen molar-refractivity contribution in [2.75, 3.05) is 24.3 Å². The van der Waals surface area contributed by atoms with Crippen LogP contribution in [-0.2, 0) is 10.0 Å². The number of ether oxygens (including phenoxy) is 2. The van der Waals surface area contributed by atoms with Gasteiger partial charge in [-0.25, -0.2) is 12.8 Å². The van der Waals surface area contributed by atoms with Crippen LogP contribution in [0.1, 0.15) is 5.56 Å². The van der Waals surface area contributed by atoms with Crippen molar-refractivity contribution in [1.82, 2.24) is 0 Å². The molecule has 0 fully saturated rings. The SMILES string of the molecule is COc1cc(F)c(S(=O)(=O)Nc2ccccc2Nc2ccc(C)cc2)cc1OC. The Hall–Kier alpha value is -3.26. The largest absolute Gasteiger partial charge is 0.493 e. The molecule has 2 N–H and O–H groups in total. The quantitative estimate of drug-likeness (QED) is 0.584. The van der Waals surface area contributed by atoms with Crippen LogP contribution in [0.25, 0.3) is 0 Å². The molecule has 0 spiro atoms. The molecule has 3 aromatic carbocycles. The number of methoxy groups -OCH3 is 2. The maximum absolute atomic E-state index is 14.5. The highest BCUT2D eigenvalue weighted by Crippen LogP contribution is 2.34. The molecule has 0 amide bonds. The lowest BCUT2D eigenvalue weighted by Crippen LogP contribution is -2.16. The standard InChI is InChI=1S/C21H21FN2O4S/c1-14-8-10-15(11-9-14)23-17-6-4-5-7-18(17)24-29(25,26)21-13-20(28-3)19(27-2)12-16(21)22/h4-13,23-24H,1-3H3. The number of aryl methyl sites for hydroxylation is 1. The first-order valence-electron chi connectivity index (χ1n) is 8.71. The fourth-order valence-corrected chi connectivity index (χ4v) is 3.87. The third-order valence-electron chi connectivity index (χ3n) is 4.23. The van der Waals surface area contributed by atoms with Crippen molar-refractivity contribution in [1.29, 1.82) is 0 Å². The number of benzene rings is 3. The first-order valence-corrected chi connectivity index (χ1v) is 10.2. The fourth-order valence-electron chi connectivity index (χ4n) is 2.71. The number of sulfonamides is 1. The molecule has 152 valence electrons. The number of hydrogen-bond acceptors (Lipinski definition) is 5. The summed E-state index contributed by atoms with van der Waals surface area (Å²) in [7, 11) is -1.53. The third kappa shape index (κ3) is 4.60. The Morgan fingerprint density at radius 2 is 1.45 bits per heavy atom. The highest BCUT2D eigenvalue weighted by molar-refractivity contribution is 7.92. The van der Waals surface area contributed by atoms with Crippen LogP contribution in [0.4, 0.5) is 21.5 Å². The summed E-state index contributed by atoms with van der Waals surface area (Å²) in [5.41, 5.74) is 2.70. The van der Waals surface area contributed by atoms with E-state index in [1.54, 1.807) is 24.3 Å². The van der Waals surface area contributed by atoms with E-state index in [-0.39, 0.29) is 17.2 Å². The lowest BCUT2D eigenvalue weighted by molar-refractivity contribution is 0.350. The Kier molecular flexibility index (Phi) is 5.93. The average Bonchev–Trinajstić information content (AvgIpc) is 2.70. The van der Waals surface area contributed by atoms with Gasteiger partial charge in [-0.2, -0.15) is 0 Å². The molecule has 0 unspecified atom stereocenters. The molecule has 0 heterocycles. The summed E-state index contributed by atoms with van der Waals surface area (Å²) in [5, 5.41) is 3.16. The molecule has 0 radical (unpaired) electrons. The van der Waals surface area contributed by atoms with E-state index in [0.29, 0.717) is 5.69 Å². The summed E-state index contributed by atoms with van der Waals surface area (Å²) in [6, 6.07) is 16.5. The zero-order chi connectivity index (χ0) is 21.0. The second-order valence-electron chi connectivity index (χ2n) is 6.28. The lowest BCUT2D eigenvalue weighted by atomic mass is 10.2. The van der Waals surface area contributed by atoms with Crippen molar-refractivity contribution in [3.8, 4) is 11.5 Å². The molecule has 0 saturated carbocycles. The number of halogens is 1. The van der Waals surface area contributed by atoms with Crippen LogP contribution in [0, 0.1) is 12.7 Å². The van der Waals surface area contributed by atoms with Gasteiger partial charge in [-0.15, -0.1) is 0 Å². The maximum Gasteiger partial charge on any atom is 0.265 e. The van der Waals surface area contributed by atoms with Gasteiger partial charge in [-0.3, -0.25) is 4.72 Å². The summed E-state index contributed by atoms with van der Waals surface area (Å²) in [6.45, 7) is 1.98. The molecule has 0 aromatic heterocycles. The van der Waals surface area contributed by atoms with Gasteiger partial charge < -0.3 is 14.8 Å². The molecular formula is C21H21FN2O4S. The first kappa shape index (κ1) is 20.5. The van der Waals surface area contributed by atoms with Gasteiger partial charge in [0.25, 0.3) is 10.0 Å². The van der Waals surface area contributed by atoms with Crippen LogP contribution in [0.2, 0.25) is 0 Å². The van der Waals surface area contributed by atoms with Crippen molar-refractivity contribution in [3.63, 3.8) is 0 Å². The fraction of sp³-hybridized carbons (Fsp3) is 0.143. The number of rotatable bonds is 7. The number of nitrogens with one attached hydrogen (secondary N) is 2. The summed E-state index contributed by atoms with van der Waals surface area (Å²) in [5.74, 6) is -0.732. The van der Waals surface area contributed by atoms with E-state index < -0.39 is 20.7 Å². The molecular weight excluding hydrogens is 395 g/mol. The molecule has 8 heteroatoms. The van der Waals surface area contributed by atoms with Crippen LogP contribution < -0.4 is 19.5 Å². The van der Waals surface area contributed by atoms with Crippen LogP contribution in [0.3, 0.4) is 0 Å². The molecule has 0 bridgehead atoms. The Balaban J connectivity index is 1.94. The van der Waals surface area contributed by atoms with Gasteiger partial charge in [0.2, 0.25) is 0 Å². The molecule has 6 nitrogen and oxygen atoms in total. The minimum Gasteiger partial charge on any atom is -0.493 e. The van der Waals surface area contributed by atoms with E-state index in [9.17, 15) is 12.8 Å². The van der Waals surface area contributed by atoms with Gasteiger partial charge >= 0.3 is 0 Å². The van der Waals surface area contributed by atoms with E-state index in [1.165, 1.54) is 14.2 Å². The molecule has 0 aliphatic rings. The second-order valence-corrected chi connectivity index (χ2v) is 7.93. The monoisotopic (exact) mass is 416 g/mol. The predicted molar refractivity (Wildman–Crippen MR) is 111 cm³/mol. The average molecular weight is 416 g/mol. The van der Waals surface area contributed by atoms with Gasteiger partial charge in [-0.1, -0.05) is 29.8 Å². The molecule has 0 aliphatic heterocycles. The van der Waals surface area contributed by atoms with Crippen LogP contribution in [-0.4, -0.2) is 22.6 Å². The Morgan fingerprint density at radius 1 is 0.862 bits per heavy atom. The molecule has 0 saturated heterocycles. The van der Waals surface area contributed by atoms with Crippen LogP contribution >= 0.6 is 0 Å². The molecule has 0 atom stereocenters. The summed E-state index contributed by atoms with van der Waals surface area (Å²) >= 11 is 0. The lowest BCUT2D eigenvalue weighted by Gasteiger charge is -2.16. The van der Waals surface area contributed by atoms with Crippen molar-refractivity contribution in [2.24, 2.45) is 0 Å². The summed E-state index contributed by atoms with van der Waals surface area (Å²) in [6.07, 6.45) is 0. The van der Waals surface area contributed by atoms with Crippen molar-refractivity contribution < 1.29 is 22.3 Å². The second kappa shape index (κ2) is 8.40. The molecule has 29 heavy (non-hydrogen) atoms. The van der Waals surface area contributed by atoms with Crippen LogP contribution in [0.15, 0.2) is 65.6 Å². The number of anilines is 3. The Labute approximate surface area is 169 Å². The highest BCUT2D eigenvalue weighted by Gasteiger charge is 2.23. The van der Waals surface area contributed by atoms with Crippen molar-refractivity contribution in [2.45, 2.75) is 11.8 Å². The normalized spacial score (nSPS) is 11.0.